The molecule has 0 unspecified atom stereocenters. The molecule has 0 atom stereocenters. The Morgan fingerprint density at radius 1 is 1.08 bits per heavy atom. The lowest BCUT2D eigenvalue weighted by Gasteiger charge is -2.25. The molecule has 0 bridgehead atoms. The Hall–Kier alpha value is -0.610. The van der Waals surface area contributed by atoms with Crippen LogP contribution in [0.5, 0.6) is 0 Å². The van der Waals surface area contributed by atoms with Gasteiger partial charge in [0.2, 0.25) is 5.54 Å². The van der Waals surface area contributed by atoms with Crippen molar-refractivity contribution in [3.63, 3.8) is 0 Å². The summed E-state index contributed by atoms with van der Waals surface area (Å²) in [5.74, 6) is 2.27. The molecular weight excluding hydrogens is 454 g/mol. The van der Waals surface area contributed by atoms with Crippen LogP contribution in [0.1, 0.15) is 71.3 Å². The first-order chi connectivity index (χ1) is 12.6. The third kappa shape index (κ3) is 5.01. The second-order valence-electron chi connectivity index (χ2n) is 7.14. The summed E-state index contributed by atoms with van der Waals surface area (Å²) >= 11 is 7.14. The summed E-state index contributed by atoms with van der Waals surface area (Å²) in [5, 5.41) is 0. The molecule has 0 aromatic heterocycles. The lowest BCUT2D eigenvalue weighted by Crippen LogP contribution is -2.42. The molecule has 0 fully saturated rings. The van der Waals surface area contributed by atoms with Crippen molar-refractivity contribution in [1.29, 1.82) is 0 Å². The van der Waals surface area contributed by atoms with E-state index in [4.69, 9.17) is 4.74 Å². The second-order valence-corrected chi connectivity index (χ2v) is 8.51. The molecule has 144 valence electrons. The molecule has 0 saturated heterocycles. The molecule has 2 rings (SSSR count). The van der Waals surface area contributed by atoms with Crippen LogP contribution in [-0.4, -0.2) is 22.6 Å². The van der Waals surface area contributed by atoms with Gasteiger partial charge in [0.1, 0.15) is 6.54 Å². The van der Waals surface area contributed by atoms with Gasteiger partial charge >= 0.3 is 5.90 Å². The summed E-state index contributed by atoms with van der Waals surface area (Å²) in [6.45, 7) is 7.88. The number of aryl methyl sites for hydroxylation is 1. The highest BCUT2D eigenvalue weighted by Crippen LogP contribution is 2.39. The average Bonchev–Trinajstić information content (AvgIpc) is 2.89. The molecule has 1 aromatic carbocycles. The fraction of sp³-hybridized carbons (Fsp3) is 0.591. The van der Waals surface area contributed by atoms with Gasteiger partial charge in [-0.1, -0.05) is 64.8 Å². The van der Waals surface area contributed by atoms with Crippen molar-refractivity contribution >= 4 is 37.8 Å². The SMILES string of the molecule is CCC[N+]1=C(CCCc2cccc(Br)c2)OC(=CBr)C1(CCC)CCC. The molecular formula is C22H32Br2NO+. The first kappa shape index (κ1) is 21.7. The Balaban J connectivity index is 2.20. The van der Waals surface area contributed by atoms with E-state index in [-0.39, 0.29) is 5.54 Å². The third-order valence-corrected chi connectivity index (χ3v) is 6.03. The first-order valence-electron chi connectivity index (χ1n) is 9.97. The maximum Gasteiger partial charge on any atom is 0.342 e. The van der Waals surface area contributed by atoms with Gasteiger partial charge in [0.05, 0.1) is 6.42 Å². The molecule has 0 amide bonds. The van der Waals surface area contributed by atoms with Gasteiger partial charge < -0.3 is 4.74 Å². The molecule has 26 heavy (non-hydrogen) atoms. The normalized spacial score (nSPS) is 17.8. The Bertz CT molecular complexity index is 645. The van der Waals surface area contributed by atoms with Crippen LogP contribution < -0.4 is 0 Å². The zero-order valence-electron chi connectivity index (χ0n) is 16.4. The summed E-state index contributed by atoms with van der Waals surface area (Å²) in [6.07, 6.45) is 8.94. The highest BCUT2D eigenvalue weighted by molar-refractivity contribution is 9.11. The zero-order chi connectivity index (χ0) is 19.0. The fourth-order valence-electron chi connectivity index (χ4n) is 4.13. The monoisotopic (exact) mass is 484 g/mol. The molecule has 0 N–H and O–H groups in total. The van der Waals surface area contributed by atoms with Gasteiger partial charge in [-0.15, -0.1) is 0 Å². The zero-order valence-corrected chi connectivity index (χ0v) is 19.5. The number of rotatable bonds is 10. The summed E-state index contributed by atoms with van der Waals surface area (Å²) in [4.78, 5) is 2.02. The number of hydrogen-bond acceptors (Lipinski definition) is 1. The quantitative estimate of drug-likeness (QED) is 0.319. The van der Waals surface area contributed by atoms with E-state index >= 15 is 0 Å². The van der Waals surface area contributed by atoms with Gasteiger partial charge in [-0.2, -0.15) is 4.58 Å². The predicted octanol–water partition coefficient (Wildman–Crippen LogP) is 7.20. The van der Waals surface area contributed by atoms with E-state index in [1.54, 1.807) is 0 Å². The van der Waals surface area contributed by atoms with Crippen LogP contribution in [0.2, 0.25) is 0 Å². The van der Waals surface area contributed by atoms with Crippen molar-refractivity contribution < 1.29 is 9.31 Å². The molecule has 0 saturated carbocycles. The van der Waals surface area contributed by atoms with Crippen molar-refractivity contribution in [2.75, 3.05) is 6.54 Å². The van der Waals surface area contributed by atoms with Gasteiger partial charge in [-0.3, -0.25) is 0 Å². The van der Waals surface area contributed by atoms with Crippen molar-refractivity contribution in [3.8, 4) is 0 Å². The Labute approximate surface area is 176 Å². The maximum absolute atomic E-state index is 6.41. The third-order valence-electron chi connectivity index (χ3n) is 5.12. The van der Waals surface area contributed by atoms with Crippen molar-refractivity contribution in [2.24, 2.45) is 0 Å². The van der Waals surface area contributed by atoms with Gasteiger partial charge in [0, 0.05) is 28.7 Å². The topological polar surface area (TPSA) is 12.2 Å². The van der Waals surface area contributed by atoms with E-state index in [0.29, 0.717) is 0 Å². The van der Waals surface area contributed by atoms with Gasteiger partial charge in [0.25, 0.3) is 0 Å². The lowest BCUT2D eigenvalue weighted by molar-refractivity contribution is -0.596. The van der Waals surface area contributed by atoms with Crippen molar-refractivity contribution in [3.05, 3.63) is 45.0 Å². The second kappa shape index (κ2) is 10.7. The summed E-state index contributed by atoms with van der Waals surface area (Å²) in [5.41, 5.74) is 1.42. The number of ether oxygens (including phenoxy) is 1. The van der Waals surface area contributed by atoms with Crippen LogP contribution in [0.15, 0.2) is 39.5 Å². The van der Waals surface area contributed by atoms with Crippen LogP contribution in [0, 0.1) is 0 Å². The van der Waals surface area contributed by atoms with Crippen LogP contribution in [-0.2, 0) is 11.2 Å². The molecule has 1 aliphatic heterocycles. The predicted molar refractivity (Wildman–Crippen MR) is 118 cm³/mol. The highest BCUT2D eigenvalue weighted by atomic mass is 79.9. The van der Waals surface area contributed by atoms with Crippen LogP contribution in [0.3, 0.4) is 0 Å². The van der Waals surface area contributed by atoms with Crippen molar-refractivity contribution in [1.82, 2.24) is 0 Å². The van der Waals surface area contributed by atoms with Gasteiger partial charge in [-0.25, -0.2) is 0 Å². The highest BCUT2D eigenvalue weighted by Gasteiger charge is 2.52. The molecule has 0 radical (unpaired) electrons. The smallest absolute Gasteiger partial charge is 0.342 e. The van der Waals surface area contributed by atoms with E-state index in [1.807, 2.05) is 4.99 Å². The first-order valence-corrected chi connectivity index (χ1v) is 11.7. The standard InChI is InChI=1S/C22H32Br2NO/c1-4-13-22(14-5-2)20(17-23)26-21(25(22)15-6-3)12-8-10-18-9-7-11-19(24)16-18/h7,9,11,16-17H,4-6,8,10,12-15H2,1-3H3/q+1. The van der Waals surface area contributed by atoms with E-state index in [0.717, 1.165) is 61.2 Å². The molecule has 4 heteroatoms. The Morgan fingerprint density at radius 3 is 2.38 bits per heavy atom. The molecule has 1 heterocycles. The average molecular weight is 486 g/mol. The Kier molecular flexibility index (Phi) is 8.89. The van der Waals surface area contributed by atoms with E-state index in [9.17, 15) is 0 Å². The lowest BCUT2D eigenvalue weighted by atomic mass is 9.86. The van der Waals surface area contributed by atoms with Gasteiger partial charge in [-0.05, 0) is 43.4 Å². The summed E-state index contributed by atoms with van der Waals surface area (Å²) in [7, 11) is 0. The molecule has 2 nitrogen and oxygen atoms in total. The van der Waals surface area contributed by atoms with Crippen LogP contribution in [0.25, 0.3) is 0 Å². The summed E-state index contributed by atoms with van der Waals surface area (Å²) in [6, 6.07) is 8.61. The fourth-order valence-corrected chi connectivity index (χ4v) is 5.09. The molecule has 1 aromatic rings. The van der Waals surface area contributed by atoms with E-state index in [1.165, 1.54) is 18.4 Å². The minimum Gasteiger partial charge on any atom is -0.405 e. The van der Waals surface area contributed by atoms with E-state index < -0.39 is 0 Å². The van der Waals surface area contributed by atoms with E-state index in [2.05, 4.69) is 81.5 Å². The largest absolute Gasteiger partial charge is 0.405 e. The maximum atomic E-state index is 6.41. The minimum atomic E-state index is 0.0358. The number of nitrogens with zero attached hydrogens (tertiary/aromatic N) is 1. The number of benzene rings is 1. The molecule has 0 aliphatic carbocycles. The molecule has 0 spiro atoms. The van der Waals surface area contributed by atoms with Gasteiger partial charge in [0.15, 0.2) is 5.76 Å². The van der Waals surface area contributed by atoms with Crippen molar-refractivity contribution in [2.45, 2.75) is 77.7 Å². The van der Waals surface area contributed by atoms with Crippen LogP contribution in [0.4, 0.5) is 0 Å². The Morgan fingerprint density at radius 2 is 1.81 bits per heavy atom. The molecule has 1 aliphatic rings. The number of halogens is 2. The minimum absolute atomic E-state index is 0.0358. The summed E-state index contributed by atoms with van der Waals surface area (Å²) < 4.78 is 10.1. The number of hydrogen-bond donors (Lipinski definition) is 0. The van der Waals surface area contributed by atoms with Crippen LogP contribution >= 0.6 is 31.9 Å².